The monoisotopic (exact) mass is 240 g/mol. The van der Waals surface area contributed by atoms with Gasteiger partial charge in [0, 0.05) is 25.7 Å². The van der Waals surface area contributed by atoms with E-state index in [1.165, 1.54) is 13.8 Å². The lowest BCUT2D eigenvalue weighted by molar-refractivity contribution is -0.128. The van der Waals surface area contributed by atoms with E-state index in [2.05, 4.69) is 0 Å². The zero-order valence-electron chi connectivity index (χ0n) is 10.6. The summed E-state index contributed by atoms with van der Waals surface area (Å²) in [6.45, 7) is 2.89. The van der Waals surface area contributed by atoms with E-state index in [1.54, 1.807) is 0 Å². The summed E-state index contributed by atoms with van der Waals surface area (Å²) in [6, 6.07) is 0. The molecule has 0 aromatic heterocycles. The van der Waals surface area contributed by atoms with Crippen molar-refractivity contribution in [3.63, 3.8) is 0 Å². The van der Waals surface area contributed by atoms with Crippen LogP contribution in [-0.2, 0) is 19.2 Å². The van der Waals surface area contributed by atoms with Gasteiger partial charge in [-0.05, 0) is 26.7 Å². The number of hydrogen-bond acceptors (Lipinski definition) is 4. The Hall–Kier alpha value is -1.32. The Labute approximate surface area is 102 Å². The molecule has 0 amide bonds. The van der Waals surface area contributed by atoms with Crippen molar-refractivity contribution in [2.24, 2.45) is 0 Å². The molecule has 0 fully saturated rings. The fourth-order valence-electron chi connectivity index (χ4n) is 1.47. The lowest BCUT2D eigenvalue weighted by Crippen LogP contribution is -2.07. The molecule has 4 nitrogen and oxygen atoms in total. The van der Waals surface area contributed by atoms with E-state index in [0.717, 1.165) is 6.42 Å². The molecule has 0 saturated heterocycles. The SMILES string of the molecule is CC(=O)CCCCC(=O)CCC(=O)CC(C)=O. The zero-order chi connectivity index (χ0) is 13.3. The van der Waals surface area contributed by atoms with Crippen LogP contribution in [0.15, 0.2) is 0 Å². The number of carbonyl (C=O) groups is 4. The molecule has 0 aromatic rings. The Kier molecular flexibility index (Phi) is 8.11. The number of rotatable bonds is 10. The molecule has 0 N–H and O–H groups in total. The van der Waals surface area contributed by atoms with Crippen LogP contribution in [-0.4, -0.2) is 23.1 Å². The van der Waals surface area contributed by atoms with Crippen LogP contribution in [0.5, 0.6) is 0 Å². The molecule has 0 bridgehead atoms. The van der Waals surface area contributed by atoms with Gasteiger partial charge in [-0.1, -0.05) is 0 Å². The van der Waals surface area contributed by atoms with Crippen molar-refractivity contribution < 1.29 is 19.2 Å². The van der Waals surface area contributed by atoms with Gasteiger partial charge in [-0.25, -0.2) is 0 Å². The summed E-state index contributed by atoms with van der Waals surface area (Å²) in [6.07, 6.45) is 2.65. The average molecular weight is 240 g/mol. The Morgan fingerprint density at radius 1 is 0.647 bits per heavy atom. The van der Waals surface area contributed by atoms with Crippen LogP contribution in [0.2, 0.25) is 0 Å². The molecule has 0 aliphatic carbocycles. The standard InChI is InChI=1S/C13H20O4/c1-10(14)5-3-4-6-12(16)7-8-13(17)9-11(2)15/h3-9H2,1-2H3. The molecule has 96 valence electrons. The van der Waals surface area contributed by atoms with Crippen LogP contribution in [0.1, 0.15) is 58.8 Å². The van der Waals surface area contributed by atoms with Crippen molar-refractivity contribution in [1.29, 1.82) is 0 Å². The molecule has 0 aliphatic rings. The second-order valence-corrected chi connectivity index (χ2v) is 4.37. The fourth-order valence-corrected chi connectivity index (χ4v) is 1.47. The van der Waals surface area contributed by atoms with Gasteiger partial charge in [0.05, 0.1) is 6.42 Å². The predicted molar refractivity (Wildman–Crippen MR) is 63.7 cm³/mol. The summed E-state index contributed by atoms with van der Waals surface area (Å²) in [5.41, 5.74) is 0. The maximum Gasteiger partial charge on any atom is 0.140 e. The lowest BCUT2D eigenvalue weighted by atomic mass is 10.0. The van der Waals surface area contributed by atoms with Gasteiger partial charge in [0.1, 0.15) is 23.1 Å². The van der Waals surface area contributed by atoms with Crippen LogP contribution in [0.4, 0.5) is 0 Å². The van der Waals surface area contributed by atoms with Crippen molar-refractivity contribution in [3.8, 4) is 0 Å². The van der Waals surface area contributed by atoms with Crippen molar-refractivity contribution in [3.05, 3.63) is 0 Å². The first-order chi connectivity index (χ1) is 7.91. The molecule has 0 unspecified atom stereocenters. The number of carbonyl (C=O) groups excluding carboxylic acids is 4. The molecule has 0 spiro atoms. The lowest BCUT2D eigenvalue weighted by Gasteiger charge is -2.00. The van der Waals surface area contributed by atoms with Crippen LogP contribution in [0, 0.1) is 0 Å². The Morgan fingerprint density at radius 3 is 1.71 bits per heavy atom. The van der Waals surface area contributed by atoms with E-state index in [0.29, 0.717) is 19.3 Å². The van der Waals surface area contributed by atoms with Crippen LogP contribution >= 0.6 is 0 Å². The minimum atomic E-state index is -0.172. The van der Waals surface area contributed by atoms with E-state index < -0.39 is 0 Å². The van der Waals surface area contributed by atoms with Gasteiger partial charge in [-0.15, -0.1) is 0 Å². The Morgan fingerprint density at radius 2 is 1.18 bits per heavy atom. The Bertz CT molecular complexity index is 305. The summed E-state index contributed by atoms with van der Waals surface area (Å²) >= 11 is 0. The highest BCUT2D eigenvalue weighted by atomic mass is 16.1. The van der Waals surface area contributed by atoms with Gasteiger partial charge in [0.25, 0.3) is 0 Å². The van der Waals surface area contributed by atoms with Gasteiger partial charge >= 0.3 is 0 Å². The molecule has 0 saturated carbocycles. The maximum absolute atomic E-state index is 11.4. The van der Waals surface area contributed by atoms with E-state index in [4.69, 9.17) is 0 Å². The summed E-state index contributed by atoms with van der Waals surface area (Å²) in [4.78, 5) is 43.8. The van der Waals surface area contributed by atoms with Crippen molar-refractivity contribution in [2.75, 3.05) is 0 Å². The molecule has 0 heterocycles. The van der Waals surface area contributed by atoms with Crippen LogP contribution < -0.4 is 0 Å². The van der Waals surface area contributed by atoms with Gasteiger partial charge in [0.15, 0.2) is 0 Å². The summed E-state index contributed by atoms with van der Waals surface area (Å²) in [7, 11) is 0. The molecule has 4 heteroatoms. The summed E-state index contributed by atoms with van der Waals surface area (Å²) < 4.78 is 0. The van der Waals surface area contributed by atoms with E-state index in [9.17, 15) is 19.2 Å². The van der Waals surface area contributed by atoms with Gasteiger partial charge < -0.3 is 4.79 Å². The molecule has 17 heavy (non-hydrogen) atoms. The fraction of sp³-hybridized carbons (Fsp3) is 0.692. The number of ketones is 4. The van der Waals surface area contributed by atoms with Crippen LogP contribution in [0.25, 0.3) is 0 Å². The average Bonchev–Trinajstić information content (AvgIpc) is 2.20. The smallest absolute Gasteiger partial charge is 0.140 e. The van der Waals surface area contributed by atoms with E-state index >= 15 is 0 Å². The van der Waals surface area contributed by atoms with E-state index in [-0.39, 0.29) is 42.4 Å². The minimum Gasteiger partial charge on any atom is -0.300 e. The van der Waals surface area contributed by atoms with Crippen molar-refractivity contribution in [1.82, 2.24) is 0 Å². The van der Waals surface area contributed by atoms with Gasteiger partial charge in [-0.3, -0.25) is 14.4 Å². The third-order valence-corrected chi connectivity index (χ3v) is 2.36. The van der Waals surface area contributed by atoms with Crippen molar-refractivity contribution in [2.45, 2.75) is 58.8 Å². The zero-order valence-corrected chi connectivity index (χ0v) is 10.6. The minimum absolute atomic E-state index is 0.0328. The molecule has 0 rings (SSSR count). The molecule has 0 atom stereocenters. The molecule has 0 aliphatic heterocycles. The highest BCUT2D eigenvalue weighted by Crippen LogP contribution is 2.05. The third kappa shape index (κ3) is 11.0. The first kappa shape index (κ1) is 15.7. The molecular formula is C13H20O4. The highest BCUT2D eigenvalue weighted by molar-refractivity contribution is 5.99. The largest absolute Gasteiger partial charge is 0.300 e. The number of hydrogen-bond donors (Lipinski definition) is 0. The second-order valence-electron chi connectivity index (χ2n) is 4.37. The molecule has 0 radical (unpaired) electrons. The van der Waals surface area contributed by atoms with E-state index in [1.807, 2.05) is 0 Å². The first-order valence-corrected chi connectivity index (χ1v) is 5.94. The number of Topliss-reactive ketones (excluding diaryl/α,β-unsaturated/α-hetero) is 4. The highest BCUT2D eigenvalue weighted by Gasteiger charge is 2.09. The third-order valence-electron chi connectivity index (χ3n) is 2.36. The van der Waals surface area contributed by atoms with Gasteiger partial charge in [-0.2, -0.15) is 0 Å². The first-order valence-electron chi connectivity index (χ1n) is 5.94. The Balaban J connectivity index is 3.56. The molecular weight excluding hydrogens is 220 g/mol. The topological polar surface area (TPSA) is 68.3 Å². The quantitative estimate of drug-likeness (QED) is 0.433. The van der Waals surface area contributed by atoms with Crippen molar-refractivity contribution >= 4 is 23.1 Å². The van der Waals surface area contributed by atoms with Crippen LogP contribution in [0.3, 0.4) is 0 Å². The number of unbranched alkanes of at least 4 members (excludes halogenated alkanes) is 1. The predicted octanol–water partition coefficient (Wildman–Crippen LogP) is 2.03. The summed E-state index contributed by atoms with van der Waals surface area (Å²) in [5.74, 6) is -0.168. The maximum atomic E-state index is 11.4. The second kappa shape index (κ2) is 8.79. The summed E-state index contributed by atoms with van der Waals surface area (Å²) in [5, 5.41) is 0. The molecule has 0 aromatic carbocycles. The normalized spacial score (nSPS) is 10.0. The van der Waals surface area contributed by atoms with Gasteiger partial charge in [0.2, 0.25) is 0 Å².